The summed E-state index contributed by atoms with van der Waals surface area (Å²) in [6.07, 6.45) is 1.28. The smallest absolute Gasteiger partial charge is 0.339 e. The maximum absolute atomic E-state index is 10.9. The number of hydrogen-bond acceptors (Lipinski definition) is 4. The minimum atomic E-state index is -0.989. The highest BCUT2D eigenvalue weighted by Gasteiger charge is 2.21. The standard InChI is InChI=1S/C13H16O5/c14-13(15)11-3-1-2-4-12(11)17-8-7-16-6-5-10-9-18-10/h1-4,10H,5-9H2,(H,14,15). The maximum atomic E-state index is 10.9. The molecule has 98 valence electrons. The van der Waals surface area contributed by atoms with Gasteiger partial charge in [0, 0.05) is 6.61 Å². The maximum Gasteiger partial charge on any atom is 0.339 e. The first kappa shape index (κ1) is 12.9. The van der Waals surface area contributed by atoms with E-state index in [9.17, 15) is 4.79 Å². The van der Waals surface area contributed by atoms with Crippen molar-refractivity contribution in [1.82, 2.24) is 0 Å². The molecule has 1 aromatic rings. The molecule has 1 aliphatic heterocycles. The van der Waals surface area contributed by atoms with E-state index in [2.05, 4.69) is 0 Å². The molecular weight excluding hydrogens is 236 g/mol. The van der Waals surface area contributed by atoms with Crippen LogP contribution in [0.25, 0.3) is 0 Å². The van der Waals surface area contributed by atoms with Gasteiger partial charge in [0.1, 0.15) is 17.9 Å². The van der Waals surface area contributed by atoms with Crippen molar-refractivity contribution < 1.29 is 24.1 Å². The second-order valence-corrected chi connectivity index (χ2v) is 4.01. The van der Waals surface area contributed by atoms with Crippen LogP contribution in [0.1, 0.15) is 16.8 Å². The van der Waals surface area contributed by atoms with Crippen LogP contribution in [0.3, 0.4) is 0 Å². The molecular formula is C13H16O5. The molecule has 1 N–H and O–H groups in total. The predicted octanol–water partition coefficient (Wildman–Crippen LogP) is 1.57. The SMILES string of the molecule is O=C(O)c1ccccc1OCCOCCC1CO1. The van der Waals surface area contributed by atoms with Gasteiger partial charge >= 0.3 is 5.97 Å². The first-order valence-electron chi connectivity index (χ1n) is 5.92. The quantitative estimate of drug-likeness (QED) is 0.562. The minimum absolute atomic E-state index is 0.170. The molecule has 1 atom stereocenters. The molecule has 0 radical (unpaired) electrons. The van der Waals surface area contributed by atoms with Crippen LogP contribution >= 0.6 is 0 Å². The van der Waals surface area contributed by atoms with E-state index >= 15 is 0 Å². The highest BCUT2D eigenvalue weighted by atomic mass is 16.6. The lowest BCUT2D eigenvalue weighted by atomic mass is 10.2. The predicted molar refractivity (Wildman–Crippen MR) is 64.1 cm³/mol. The molecule has 18 heavy (non-hydrogen) atoms. The fourth-order valence-electron chi connectivity index (χ4n) is 1.53. The molecule has 0 spiro atoms. The largest absolute Gasteiger partial charge is 0.490 e. The van der Waals surface area contributed by atoms with Gasteiger partial charge in [-0.15, -0.1) is 0 Å². The van der Waals surface area contributed by atoms with Crippen LogP contribution < -0.4 is 4.74 Å². The van der Waals surface area contributed by atoms with Crippen molar-refractivity contribution in [1.29, 1.82) is 0 Å². The summed E-state index contributed by atoms with van der Waals surface area (Å²) in [6.45, 7) is 2.27. The normalized spacial score (nSPS) is 17.4. The molecule has 1 aromatic carbocycles. The van der Waals surface area contributed by atoms with Gasteiger partial charge in [0.05, 0.1) is 19.3 Å². The number of benzene rings is 1. The molecule has 1 saturated heterocycles. The number of epoxide rings is 1. The van der Waals surface area contributed by atoms with E-state index in [-0.39, 0.29) is 5.56 Å². The van der Waals surface area contributed by atoms with E-state index in [0.717, 1.165) is 13.0 Å². The van der Waals surface area contributed by atoms with Gasteiger partial charge in [0.25, 0.3) is 0 Å². The van der Waals surface area contributed by atoms with E-state index in [4.69, 9.17) is 19.3 Å². The third-order valence-electron chi connectivity index (χ3n) is 2.59. The number of hydrogen-bond donors (Lipinski definition) is 1. The highest BCUT2D eigenvalue weighted by Crippen LogP contribution is 2.17. The number of carbonyl (C=O) groups is 1. The average molecular weight is 252 g/mol. The Bertz CT molecular complexity index is 400. The van der Waals surface area contributed by atoms with Gasteiger partial charge in [-0.25, -0.2) is 4.79 Å². The van der Waals surface area contributed by atoms with Crippen LogP contribution in [0.5, 0.6) is 5.75 Å². The summed E-state index contributed by atoms with van der Waals surface area (Å²) in [4.78, 5) is 10.9. The summed E-state index contributed by atoms with van der Waals surface area (Å²) in [5.41, 5.74) is 0.170. The molecule has 1 heterocycles. The number of aromatic carboxylic acids is 1. The van der Waals surface area contributed by atoms with Crippen molar-refractivity contribution in [2.45, 2.75) is 12.5 Å². The molecule has 5 heteroatoms. The van der Waals surface area contributed by atoms with Gasteiger partial charge in [0.2, 0.25) is 0 Å². The minimum Gasteiger partial charge on any atom is -0.490 e. The van der Waals surface area contributed by atoms with Crippen molar-refractivity contribution in [3.8, 4) is 5.75 Å². The third-order valence-corrected chi connectivity index (χ3v) is 2.59. The van der Waals surface area contributed by atoms with Gasteiger partial charge in [-0.2, -0.15) is 0 Å². The van der Waals surface area contributed by atoms with Crippen molar-refractivity contribution in [3.63, 3.8) is 0 Å². The fraction of sp³-hybridized carbons (Fsp3) is 0.462. The zero-order valence-corrected chi connectivity index (χ0v) is 10.0. The summed E-state index contributed by atoms with van der Waals surface area (Å²) >= 11 is 0. The second kappa shape index (κ2) is 6.37. The van der Waals surface area contributed by atoms with E-state index in [1.165, 1.54) is 6.07 Å². The Kier molecular flexibility index (Phi) is 4.55. The molecule has 1 fully saturated rings. The van der Waals surface area contributed by atoms with Gasteiger partial charge < -0.3 is 19.3 Å². The van der Waals surface area contributed by atoms with Crippen LogP contribution in [-0.4, -0.2) is 43.6 Å². The van der Waals surface area contributed by atoms with Gasteiger partial charge in [-0.05, 0) is 18.6 Å². The monoisotopic (exact) mass is 252 g/mol. The molecule has 0 aromatic heterocycles. The van der Waals surface area contributed by atoms with Gasteiger partial charge in [0.15, 0.2) is 0 Å². The fourth-order valence-corrected chi connectivity index (χ4v) is 1.53. The van der Waals surface area contributed by atoms with E-state index < -0.39 is 5.97 Å². The van der Waals surface area contributed by atoms with Gasteiger partial charge in [-0.3, -0.25) is 0 Å². The molecule has 0 saturated carbocycles. The number of carboxylic acids is 1. The Hall–Kier alpha value is -1.59. The molecule has 5 nitrogen and oxygen atoms in total. The molecule has 0 amide bonds. The molecule has 0 bridgehead atoms. The average Bonchev–Trinajstić information content (AvgIpc) is 3.18. The Morgan fingerprint density at radius 2 is 2.11 bits per heavy atom. The summed E-state index contributed by atoms with van der Waals surface area (Å²) < 4.78 is 15.8. The van der Waals surface area contributed by atoms with Crippen molar-refractivity contribution in [2.24, 2.45) is 0 Å². The van der Waals surface area contributed by atoms with Crippen molar-refractivity contribution in [2.75, 3.05) is 26.4 Å². The highest BCUT2D eigenvalue weighted by molar-refractivity contribution is 5.90. The zero-order valence-electron chi connectivity index (χ0n) is 10.0. The lowest BCUT2D eigenvalue weighted by molar-refractivity contribution is 0.0683. The molecule has 1 unspecified atom stereocenters. The summed E-state index contributed by atoms with van der Waals surface area (Å²) in [5.74, 6) is -0.614. The van der Waals surface area contributed by atoms with E-state index in [0.29, 0.717) is 31.7 Å². The second-order valence-electron chi connectivity index (χ2n) is 4.01. The summed E-state index contributed by atoms with van der Waals surface area (Å²) in [5, 5.41) is 8.95. The Balaban J connectivity index is 1.67. The van der Waals surface area contributed by atoms with Crippen LogP contribution in [0, 0.1) is 0 Å². The van der Waals surface area contributed by atoms with Gasteiger partial charge in [-0.1, -0.05) is 12.1 Å². The topological polar surface area (TPSA) is 68.3 Å². The molecule has 0 aliphatic carbocycles. The Morgan fingerprint density at radius 1 is 1.33 bits per heavy atom. The lowest BCUT2D eigenvalue weighted by Gasteiger charge is -2.09. The molecule has 1 aliphatic rings. The van der Waals surface area contributed by atoms with Crippen LogP contribution in [-0.2, 0) is 9.47 Å². The van der Waals surface area contributed by atoms with Crippen molar-refractivity contribution >= 4 is 5.97 Å². The lowest BCUT2D eigenvalue weighted by Crippen LogP contribution is -2.10. The summed E-state index contributed by atoms with van der Waals surface area (Å²) in [6, 6.07) is 6.57. The number of carboxylic acid groups (broad SMARTS) is 1. The van der Waals surface area contributed by atoms with Crippen LogP contribution in [0.2, 0.25) is 0 Å². The number of rotatable bonds is 8. The van der Waals surface area contributed by atoms with Crippen LogP contribution in [0.15, 0.2) is 24.3 Å². The summed E-state index contributed by atoms with van der Waals surface area (Å²) in [7, 11) is 0. The zero-order chi connectivity index (χ0) is 12.8. The number of para-hydroxylation sites is 1. The first-order valence-corrected chi connectivity index (χ1v) is 5.92. The third kappa shape index (κ3) is 4.01. The number of ether oxygens (including phenoxy) is 3. The Labute approximate surface area is 105 Å². The molecule has 2 rings (SSSR count). The first-order chi connectivity index (χ1) is 8.77. The van der Waals surface area contributed by atoms with E-state index in [1.807, 2.05) is 0 Å². The Morgan fingerprint density at radius 3 is 2.83 bits per heavy atom. The van der Waals surface area contributed by atoms with Crippen molar-refractivity contribution in [3.05, 3.63) is 29.8 Å². The van der Waals surface area contributed by atoms with E-state index in [1.54, 1.807) is 18.2 Å². The van der Waals surface area contributed by atoms with Crippen LogP contribution in [0.4, 0.5) is 0 Å².